The van der Waals surface area contributed by atoms with E-state index in [0.29, 0.717) is 12.0 Å². The lowest BCUT2D eigenvalue weighted by molar-refractivity contribution is 0.603. The molecule has 1 atom stereocenters. The summed E-state index contributed by atoms with van der Waals surface area (Å²) >= 11 is 0. The molecule has 1 aliphatic rings. The molecule has 0 saturated carbocycles. The number of benzene rings is 1. The molecule has 0 radical (unpaired) electrons. The van der Waals surface area contributed by atoms with Crippen molar-refractivity contribution in [3.63, 3.8) is 0 Å². The third kappa shape index (κ3) is 3.12. The second-order valence-electron chi connectivity index (χ2n) is 8.86. The van der Waals surface area contributed by atoms with Crippen LogP contribution in [0.3, 0.4) is 0 Å². The first-order valence-corrected chi connectivity index (χ1v) is 11.2. The van der Waals surface area contributed by atoms with Gasteiger partial charge in [0.05, 0.1) is 11.9 Å². The highest BCUT2D eigenvalue weighted by Gasteiger charge is 2.24. The minimum Gasteiger partial charge on any atom is -0.367 e. The van der Waals surface area contributed by atoms with Crippen LogP contribution in [0.15, 0.2) is 55.2 Å². The van der Waals surface area contributed by atoms with Crippen LogP contribution in [0.4, 0.5) is 5.82 Å². The van der Waals surface area contributed by atoms with E-state index in [1.54, 1.807) is 18.7 Å². The molecule has 6 rings (SSSR count). The molecule has 32 heavy (non-hydrogen) atoms. The number of fused-ring (bicyclic) bond motifs is 4. The Morgan fingerprint density at radius 1 is 1.12 bits per heavy atom. The monoisotopic (exact) mass is 423 g/mol. The molecule has 5 aromatic rings. The van der Waals surface area contributed by atoms with Gasteiger partial charge >= 0.3 is 0 Å². The maximum absolute atomic E-state index is 4.92. The molecule has 7 heteroatoms. The van der Waals surface area contributed by atoms with E-state index in [-0.39, 0.29) is 0 Å². The molecule has 0 amide bonds. The Morgan fingerprint density at radius 2 is 1.97 bits per heavy atom. The van der Waals surface area contributed by atoms with Gasteiger partial charge in [-0.3, -0.25) is 0 Å². The molecule has 0 spiro atoms. The summed E-state index contributed by atoms with van der Waals surface area (Å²) in [6.07, 6.45) is 10.2. The minimum absolute atomic E-state index is 0.318. The highest BCUT2D eigenvalue weighted by Crippen LogP contribution is 2.32. The molecule has 2 N–H and O–H groups in total. The molecule has 160 valence electrons. The van der Waals surface area contributed by atoms with Crippen molar-refractivity contribution in [1.82, 2.24) is 29.5 Å². The van der Waals surface area contributed by atoms with Crippen molar-refractivity contribution in [2.45, 2.75) is 45.1 Å². The van der Waals surface area contributed by atoms with Crippen LogP contribution < -0.4 is 5.32 Å². The molecule has 1 unspecified atom stereocenters. The number of nitrogens with one attached hydrogen (secondary N) is 2. The number of nitrogens with zero attached hydrogens (tertiary/aromatic N) is 5. The Kier molecular flexibility index (Phi) is 4.41. The van der Waals surface area contributed by atoms with Crippen molar-refractivity contribution in [1.29, 1.82) is 0 Å². The molecule has 0 fully saturated rings. The Balaban J connectivity index is 1.41. The van der Waals surface area contributed by atoms with Crippen LogP contribution in [-0.4, -0.2) is 35.6 Å². The largest absolute Gasteiger partial charge is 0.367 e. The van der Waals surface area contributed by atoms with E-state index in [0.717, 1.165) is 47.5 Å². The lowest BCUT2D eigenvalue weighted by atomic mass is 9.91. The van der Waals surface area contributed by atoms with Gasteiger partial charge in [0.2, 0.25) is 0 Å². The lowest BCUT2D eigenvalue weighted by Gasteiger charge is -2.25. The van der Waals surface area contributed by atoms with E-state index in [1.807, 2.05) is 10.7 Å². The molecule has 7 nitrogen and oxygen atoms in total. The zero-order chi connectivity index (χ0) is 21.7. The topological polar surface area (TPSA) is 83.8 Å². The average Bonchev–Trinajstić information content (AvgIpc) is 3.41. The van der Waals surface area contributed by atoms with Gasteiger partial charge in [-0.15, -0.1) is 0 Å². The van der Waals surface area contributed by atoms with Crippen molar-refractivity contribution in [3.05, 3.63) is 72.1 Å². The summed E-state index contributed by atoms with van der Waals surface area (Å²) in [6, 6.07) is 11.0. The summed E-state index contributed by atoms with van der Waals surface area (Å²) in [4.78, 5) is 16.9. The van der Waals surface area contributed by atoms with Crippen molar-refractivity contribution in [2.24, 2.45) is 0 Å². The third-order valence-electron chi connectivity index (χ3n) is 6.42. The van der Waals surface area contributed by atoms with Crippen LogP contribution in [0, 0.1) is 0 Å². The van der Waals surface area contributed by atoms with Crippen LogP contribution >= 0.6 is 0 Å². The number of hydrogen-bond donors (Lipinski definition) is 2. The first kappa shape index (κ1) is 19.0. The van der Waals surface area contributed by atoms with Crippen molar-refractivity contribution in [3.8, 4) is 11.3 Å². The van der Waals surface area contributed by atoms with E-state index in [2.05, 4.69) is 69.5 Å². The van der Waals surface area contributed by atoms with E-state index in [9.17, 15) is 0 Å². The zero-order valence-electron chi connectivity index (χ0n) is 18.2. The first-order chi connectivity index (χ1) is 15.7. The molecular formula is C25H25N7. The molecule has 1 aromatic carbocycles. The Hall–Kier alpha value is -3.74. The minimum atomic E-state index is 0.318. The molecule has 4 aromatic heterocycles. The second-order valence-corrected chi connectivity index (χ2v) is 8.86. The van der Waals surface area contributed by atoms with Crippen LogP contribution in [0.5, 0.6) is 0 Å². The van der Waals surface area contributed by atoms with E-state index >= 15 is 0 Å². The number of aromatic amines is 1. The fourth-order valence-electron chi connectivity index (χ4n) is 4.77. The predicted octanol–water partition coefficient (Wildman–Crippen LogP) is 4.76. The van der Waals surface area contributed by atoms with Crippen LogP contribution in [0.2, 0.25) is 0 Å². The summed E-state index contributed by atoms with van der Waals surface area (Å²) in [7, 11) is 0. The number of anilines is 1. The summed E-state index contributed by atoms with van der Waals surface area (Å²) in [5.41, 5.74) is 7.79. The van der Waals surface area contributed by atoms with Gasteiger partial charge in [-0.25, -0.2) is 15.0 Å². The van der Waals surface area contributed by atoms with Gasteiger partial charge in [-0.1, -0.05) is 32.0 Å². The van der Waals surface area contributed by atoms with Gasteiger partial charge in [0.1, 0.15) is 12.1 Å². The predicted molar refractivity (Wildman–Crippen MR) is 126 cm³/mol. The van der Waals surface area contributed by atoms with Crippen molar-refractivity contribution >= 4 is 22.4 Å². The van der Waals surface area contributed by atoms with Crippen LogP contribution in [0.1, 0.15) is 43.0 Å². The molecule has 0 bridgehead atoms. The number of aromatic nitrogens is 6. The average molecular weight is 424 g/mol. The second kappa shape index (κ2) is 7.44. The molecule has 0 saturated heterocycles. The van der Waals surface area contributed by atoms with Gasteiger partial charge < -0.3 is 10.3 Å². The third-order valence-corrected chi connectivity index (χ3v) is 6.42. The number of H-pyrrole nitrogens is 1. The van der Waals surface area contributed by atoms with Gasteiger partial charge in [-0.2, -0.15) is 9.61 Å². The SMILES string of the molecule is CC(C)c1cnn2c(NC3CCc4[nH]c5ccccc5c4C3)cc(-c3cncnc3)nc12. The van der Waals surface area contributed by atoms with Crippen molar-refractivity contribution in [2.75, 3.05) is 5.32 Å². The maximum atomic E-state index is 4.92. The van der Waals surface area contributed by atoms with Gasteiger partial charge in [0.25, 0.3) is 0 Å². The Bertz CT molecular complexity index is 1410. The van der Waals surface area contributed by atoms with Crippen LogP contribution in [-0.2, 0) is 12.8 Å². The number of aryl methyl sites for hydroxylation is 1. The highest BCUT2D eigenvalue weighted by atomic mass is 15.3. The highest BCUT2D eigenvalue weighted by molar-refractivity contribution is 5.85. The molecule has 4 heterocycles. The smallest absolute Gasteiger partial charge is 0.161 e. The summed E-state index contributed by atoms with van der Waals surface area (Å²) in [6.45, 7) is 4.34. The zero-order valence-corrected chi connectivity index (χ0v) is 18.2. The summed E-state index contributed by atoms with van der Waals surface area (Å²) in [5, 5.41) is 9.80. The molecule has 1 aliphatic carbocycles. The Morgan fingerprint density at radius 3 is 2.81 bits per heavy atom. The van der Waals surface area contributed by atoms with Gasteiger partial charge in [0, 0.05) is 52.2 Å². The van der Waals surface area contributed by atoms with Gasteiger partial charge in [0.15, 0.2) is 5.65 Å². The van der Waals surface area contributed by atoms with E-state index < -0.39 is 0 Å². The maximum Gasteiger partial charge on any atom is 0.161 e. The summed E-state index contributed by atoms with van der Waals surface area (Å²) < 4.78 is 1.94. The Labute approximate surface area is 186 Å². The number of para-hydroxylation sites is 1. The first-order valence-electron chi connectivity index (χ1n) is 11.2. The molecule has 0 aliphatic heterocycles. The van der Waals surface area contributed by atoms with E-state index in [4.69, 9.17) is 4.98 Å². The number of hydrogen-bond acceptors (Lipinski definition) is 5. The fourth-order valence-corrected chi connectivity index (χ4v) is 4.77. The van der Waals surface area contributed by atoms with Crippen molar-refractivity contribution < 1.29 is 0 Å². The van der Waals surface area contributed by atoms with Crippen LogP contribution in [0.25, 0.3) is 27.8 Å². The standard InChI is InChI=1S/C25H25N7/c1-15(2)20-13-28-32-24(10-23(31-25(20)32)16-11-26-14-27-12-16)29-17-7-8-22-19(9-17)18-5-3-4-6-21(18)30-22/h3-6,10-15,17,29-30H,7-9H2,1-2H3. The fraction of sp³-hybridized carbons (Fsp3) is 0.280. The molecular weight excluding hydrogens is 398 g/mol. The number of rotatable bonds is 4. The van der Waals surface area contributed by atoms with Gasteiger partial charge in [-0.05, 0) is 36.8 Å². The quantitative estimate of drug-likeness (QED) is 0.435. The lowest BCUT2D eigenvalue weighted by Crippen LogP contribution is -2.28. The van der Waals surface area contributed by atoms with E-state index in [1.165, 1.54) is 22.2 Å². The normalized spacial score (nSPS) is 16.0. The summed E-state index contributed by atoms with van der Waals surface area (Å²) in [5.74, 6) is 1.28.